The van der Waals surface area contributed by atoms with Crippen LogP contribution in [0, 0.1) is 0 Å². The van der Waals surface area contributed by atoms with Crippen molar-refractivity contribution in [3.8, 4) is 11.1 Å². The molecule has 0 saturated heterocycles. The Hall–Kier alpha value is -3.10. The molecule has 32 heavy (non-hydrogen) atoms. The van der Waals surface area contributed by atoms with Gasteiger partial charge in [0.1, 0.15) is 0 Å². The topological polar surface area (TPSA) is 3.24 Å². The van der Waals surface area contributed by atoms with Crippen molar-refractivity contribution in [1.29, 1.82) is 0 Å². The van der Waals surface area contributed by atoms with E-state index in [0.29, 0.717) is 5.92 Å². The molecule has 0 unspecified atom stereocenters. The highest BCUT2D eigenvalue weighted by Gasteiger charge is 2.53. The van der Waals surface area contributed by atoms with Crippen LogP contribution in [0.5, 0.6) is 0 Å². The molecule has 1 nitrogen and oxygen atoms in total. The minimum absolute atomic E-state index is 0.612. The fraction of sp³-hybridized carbons (Fsp3) is 0.200. The van der Waals surface area contributed by atoms with Gasteiger partial charge < -0.3 is 4.90 Å². The lowest BCUT2D eigenvalue weighted by Crippen LogP contribution is -2.75. The normalized spacial score (nSPS) is 14.8. The van der Waals surface area contributed by atoms with E-state index in [1.54, 1.807) is 15.6 Å². The van der Waals surface area contributed by atoms with Crippen LogP contribution in [-0.2, 0) is 0 Å². The second-order valence-electron chi connectivity index (χ2n) is 9.21. The van der Waals surface area contributed by atoms with Crippen molar-refractivity contribution in [2.24, 2.45) is 0 Å². The van der Waals surface area contributed by atoms with Crippen molar-refractivity contribution in [2.45, 2.75) is 32.6 Å². The van der Waals surface area contributed by atoms with Crippen LogP contribution in [0.15, 0.2) is 91.0 Å². The summed E-state index contributed by atoms with van der Waals surface area (Å²) in [6.07, 6.45) is 2.37. The molecule has 6 rings (SSSR count). The molecule has 4 aromatic rings. The van der Waals surface area contributed by atoms with Crippen molar-refractivity contribution in [2.75, 3.05) is 11.9 Å². The zero-order valence-corrected chi connectivity index (χ0v) is 20.1. The number of para-hydroxylation sites is 1. The summed E-state index contributed by atoms with van der Waals surface area (Å²) in [6.45, 7) is 4.64. The second-order valence-corrected chi connectivity index (χ2v) is 12.9. The fourth-order valence-corrected chi connectivity index (χ4v) is 12.0. The molecule has 0 bridgehead atoms. The first-order chi connectivity index (χ1) is 15.7. The third-order valence-electron chi connectivity index (χ3n) is 7.86. The third-order valence-corrected chi connectivity index (χ3v) is 12.8. The molecule has 0 amide bonds. The van der Waals surface area contributed by atoms with Crippen LogP contribution in [0.1, 0.15) is 38.2 Å². The van der Waals surface area contributed by atoms with Crippen molar-refractivity contribution in [3.05, 3.63) is 96.6 Å². The number of hydrogen-bond acceptors (Lipinski definition) is 1. The number of benzene rings is 4. The first-order valence-electron chi connectivity index (χ1n) is 11.9. The number of rotatable bonds is 3. The lowest BCUT2D eigenvalue weighted by Gasteiger charge is -2.42. The Morgan fingerprint density at radius 3 is 1.78 bits per heavy atom. The summed E-state index contributed by atoms with van der Waals surface area (Å²) in [6, 6.07) is 34.9. The van der Waals surface area contributed by atoms with Crippen LogP contribution in [0.3, 0.4) is 0 Å². The lowest BCUT2D eigenvalue weighted by molar-refractivity contribution is 0.642. The Morgan fingerprint density at radius 1 is 0.625 bits per heavy atom. The fourth-order valence-electron chi connectivity index (χ4n) is 6.33. The molecule has 4 aromatic carbocycles. The molecule has 158 valence electrons. The first-order valence-corrected chi connectivity index (χ1v) is 13.9. The highest BCUT2D eigenvalue weighted by Crippen LogP contribution is 2.37. The van der Waals surface area contributed by atoms with Gasteiger partial charge in [0.2, 0.25) is 0 Å². The quantitative estimate of drug-likeness (QED) is 0.362. The van der Waals surface area contributed by atoms with E-state index < -0.39 is 8.07 Å². The highest BCUT2D eigenvalue weighted by molar-refractivity contribution is 7.23. The molecule has 0 aromatic heterocycles. The zero-order chi connectivity index (χ0) is 21.9. The summed E-state index contributed by atoms with van der Waals surface area (Å²) < 4.78 is 0. The molecule has 0 fully saturated rings. The van der Waals surface area contributed by atoms with Crippen LogP contribution in [0.2, 0.25) is 0 Å². The van der Waals surface area contributed by atoms with E-state index in [0.717, 1.165) is 0 Å². The van der Waals surface area contributed by atoms with Gasteiger partial charge in [0, 0.05) is 18.4 Å². The summed E-state index contributed by atoms with van der Waals surface area (Å²) in [4.78, 5) is 2.42. The SMILES string of the molecule is CCC(CC)c1ccc2c(c1)[Si]1(c3ccccc3-c3ccccc31)c1ccccc1N2C. The summed E-state index contributed by atoms with van der Waals surface area (Å²) in [5.41, 5.74) is 7.07. The Labute approximate surface area is 192 Å². The van der Waals surface area contributed by atoms with Gasteiger partial charge in [-0.2, -0.15) is 0 Å². The first kappa shape index (κ1) is 19.6. The molecule has 2 heterocycles. The van der Waals surface area contributed by atoms with E-state index in [9.17, 15) is 0 Å². The van der Waals surface area contributed by atoms with Crippen LogP contribution < -0.4 is 25.6 Å². The minimum Gasteiger partial charge on any atom is -0.345 e. The number of hydrogen-bond donors (Lipinski definition) is 0. The smallest absolute Gasteiger partial charge is 0.185 e. The maximum atomic E-state index is 2.59. The van der Waals surface area contributed by atoms with E-state index in [1.165, 1.54) is 46.1 Å². The summed E-state index contributed by atoms with van der Waals surface area (Å²) in [5.74, 6) is 0.612. The van der Waals surface area contributed by atoms with Crippen molar-refractivity contribution in [1.82, 2.24) is 0 Å². The predicted molar refractivity (Wildman–Crippen MR) is 140 cm³/mol. The molecule has 2 aliphatic rings. The van der Waals surface area contributed by atoms with E-state index in [4.69, 9.17) is 0 Å². The number of fused-ring (bicyclic) bond motifs is 9. The molecule has 0 aliphatic carbocycles. The summed E-state index contributed by atoms with van der Waals surface area (Å²) in [7, 11) is -0.150. The predicted octanol–water partition coefficient (Wildman–Crippen LogP) is 5.03. The zero-order valence-electron chi connectivity index (χ0n) is 19.1. The average Bonchev–Trinajstić information content (AvgIpc) is 3.15. The Morgan fingerprint density at radius 2 is 1.16 bits per heavy atom. The summed E-state index contributed by atoms with van der Waals surface area (Å²) >= 11 is 0. The van der Waals surface area contributed by atoms with E-state index >= 15 is 0 Å². The van der Waals surface area contributed by atoms with Gasteiger partial charge in [0.15, 0.2) is 8.07 Å². The largest absolute Gasteiger partial charge is 0.345 e. The van der Waals surface area contributed by atoms with Crippen molar-refractivity contribution in [3.63, 3.8) is 0 Å². The monoisotopic (exact) mass is 431 g/mol. The van der Waals surface area contributed by atoms with Crippen molar-refractivity contribution < 1.29 is 0 Å². The summed E-state index contributed by atoms with van der Waals surface area (Å²) in [5, 5.41) is 6.17. The van der Waals surface area contributed by atoms with E-state index in [2.05, 4.69) is 117 Å². The van der Waals surface area contributed by atoms with Gasteiger partial charge in [-0.05, 0) is 68.3 Å². The maximum absolute atomic E-state index is 2.59. The van der Waals surface area contributed by atoms with Gasteiger partial charge >= 0.3 is 0 Å². The number of nitrogens with zero attached hydrogens (tertiary/aromatic N) is 1. The lowest BCUT2D eigenvalue weighted by atomic mass is 9.94. The van der Waals surface area contributed by atoms with Crippen LogP contribution in [0.25, 0.3) is 11.1 Å². The Kier molecular flexibility index (Phi) is 4.41. The molecule has 0 atom stereocenters. The molecular weight excluding hydrogens is 402 g/mol. The number of anilines is 2. The van der Waals surface area contributed by atoms with Gasteiger partial charge in [0.05, 0.1) is 0 Å². The van der Waals surface area contributed by atoms with Crippen LogP contribution in [-0.4, -0.2) is 15.1 Å². The van der Waals surface area contributed by atoms with Gasteiger partial charge in [0.25, 0.3) is 0 Å². The van der Waals surface area contributed by atoms with Gasteiger partial charge in [-0.25, -0.2) is 0 Å². The van der Waals surface area contributed by atoms with Gasteiger partial charge in [-0.1, -0.05) is 92.7 Å². The molecule has 0 saturated carbocycles. The van der Waals surface area contributed by atoms with Crippen LogP contribution >= 0.6 is 0 Å². The molecular formula is C30H29NSi. The van der Waals surface area contributed by atoms with Crippen molar-refractivity contribution >= 4 is 40.2 Å². The minimum atomic E-state index is -2.39. The molecule has 2 heteroatoms. The molecule has 1 spiro atoms. The standard InChI is InChI=1S/C30H29NSi/c1-4-21(5-2)22-18-19-26-30(20-22)32(29-17-11-8-14-25(29)31(26)3)27-15-9-6-12-23(27)24-13-7-10-16-28(24)32/h6-21H,4-5H2,1-3H3. The van der Waals surface area contributed by atoms with Gasteiger partial charge in [-0.15, -0.1) is 0 Å². The third kappa shape index (κ3) is 2.39. The molecule has 0 radical (unpaired) electrons. The average molecular weight is 432 g/mol. The second kappa shape index (κ2) is 7.21. The molecule has 0 N–H and O–H groups in total. The Bertz CT molecular complexity index is 1290. The molecule has 2 aliphatic heterocycles. The maximum Gasteiger partial charge on any atom is 0.185 e. The highest BCUT2D eigenvalue weighted by atomic mass is 28.3. The van der Waals surface area contributed by atoms with E-state index in [1.807, 2.05) is 0 Å². The van der Waals surface area contributed by atoms with Crippen LogP contribution in [0.4, 0.5) is 11.4 Å². The Balaban J connectivity index is 1.79. The van der Waals surface area contributed by atoms with Gasteiger partial charge in [-0.3, -0.25) is 0 Å². The van der Waals surface area contributed by atoms with E-state index in [-0.39, 0.29) is 0 Å².